The minimum absolute atomic E-state index is 0.00153. The highest BCUT2D eigenvalue weighted by molar-refractivity contribution is 6.09. The fourth-order valence-electron chi connectivity index (χ4n) is 3.00. The number of aromatic nitrogens is 1. The van der Waals surface area contributed by atoms with Crippen LogP contribution < -0.4 is 11.1 Å². The first-order valence-corrected chi connectivity index (χ1v) is 9.64. The number of carbonyl (C=O) groups is 2. The zero-order valence-electron chi connectivity index (χ0n) is 17.0. The number of carbonyl (C=O) groups excluding carboxylic acids is 2. The summed E-state index contributed by atoms with van der Waals surface area (Å²) in [5, 5.41) is 6.86. The van der Waals surface area contributed by atoms with Gasteiger partial charge in [-0.3, -0.25) is 14.9 Å². The summed E-state index contributed by atoms with van der Waals surface area (Å²) < 4.78 is 5.26. The number of nitrogens with two attached hydrogens (primary N) is 1. The van der Waals surface area contributed by atoms with Gasteiger partial charge in [-0.2, -0.15) is 0 Å². The maximum atomic E-state index is 12.7. The van der Waals surface area contributed by atoms with Gasteiger partial charge in [-0.1, -0.05) is 60.6 Å². The van der Waals surface area contributed by atoms with Crippen molar-refractivity contribution in [3.63, 3.8) is 0 Å². The fourth-order valence-corrected chi connectivity index (χ4v) is 3.00. The zero-order chi connectivity index (χ0) is 21.5. The minimum atomic E-state index is -0.0837. The molecule has 1 atom stereocenters. The molecule has 0 radical (unpaired) electrons. The van der Waals surface area contributed by atoms with Crippen molar-refractivity contribution >= 4 is 23.4 Å². The predicted molar refractivity (Wildman–Crippen MR) is 116 cm³/mol. The Morgan fingerprint density at radius 2 is 1.83 bits per heavy atom. The van der Waals surface area contributed by atoms with E-state index >= 15 is 0 Å². The van der Waals surface area contributed by atoms with Crippen LogP contribution >= 0.6 is 0 Å². The molecule has 0 aliphatic rings. The van der Waals surface area contributed by atoms with Gasteiger partial charge in [0.1, 0.15) is 6.54 Å². The lowest BCUT2D eigenvalue weighted by molar-refractivity contribution is -0.115. The average Bonchev–Trinajstić information content (AvgIpc) is 3.21. The van der Waals surface area contributed by atoms with Crippen molar-refractivity contribution in [1.29, 1.82) is 0 Å². The number of anilines is 1. The molecule has 1 heterocycles. The molecular weight excluding hydrogens is 380 g/mol. The smallest absolute Gasteiger partial charge is 0.231 e. The van der Waals surface area contributed by atoms with E-state index in [0.717, 1.165) is 11.3 Å². The van der Waals surface area contributed by atoms with Gasteiger partial charge in [-0.05, 0) is 25.0 Å². The molecule has 0 fully saturated rings. The molecule has 3 aromatic rings. The van der Waals surface area contributed by atoms with Crippen LogP contribution in [0.4, 0.5) is 5.88 Å². The molecule has 1 unspecified atom stereocenters. The summed E-state index contributed by atoms with van der Waals surface area (Å²) in [6, 6.07) is 18.6. The van der Waals surface area contributed by atoms with Gasteiger partial charge < -0.3 is 10.3 Å². The second-order valence-corrected chi connectivity index (χ2v) is 7.15. The Morgan fingerprint density at radius 1 is 1.10 bits per heavy atom. The summed E-state index contributed by atoms with van der Waals surface area (Å²) >= 11 is 0. The molecule has 1 aromatic heterocycles. The highest BCUT2D eigenvalue weighted by Gasteiger charge is 2.15. The van der Waals surface area contributed by atoms with Crippen molar-refractivity contribution < 1.29 is 14.1 Å². The summed E-state index contributed by atoms with van der Waals surface area (Å²) in [6.45, 7) is 3.47. The first-order valence-electron chi connectivity index (χ1n) is 9.64. The monoisotopic (exact) mass is 404 g/mol. The van der Waals surface area contributed by atoms with Gasteiger partial charge in [0.15, 0.2) is 17.5 Å². The number of hydrogen-bond donors (Lipinski definition) is 2. The second-order valence-electron chi connectivity index (χ2n) is 7.15. The van der Waals surface area contributed by atoms with E-state index in [1.807, 2.05) is 61.5 Å². The number of hydrogen-bond acceptors (Lipinski definition) is 5. The first-order chi connectivity index (χ1) is 14.4. The molecule has 30 heavy (non-hydrogen) atoms. The van der Waals surface area contributed by atoms with E-state index in [2.05, 4.69) is 15.5 Å². The second kappa shape index (κ2) is 9.65. The lowest BCUT2D eigenvalue weighted by Gasteiger charge is -2.09. The molecule has 3 rings (SSSR count). The van der Waals surface area contributed by atoms with Crippen molar-refractivity contribution in [2.24, 2.45) is 10.7 Å². The molecular formula is C23H24N4O3. The van der Waals surface area contributed by atoms with Crippen molar-refractivity contribution in [2.45, 2.75) is 26.2 Å². The zero-order valence-corrected chi connectivity index (χ0v) is 17.0. The van der Waals surface area contributed by atoms with Crippen LogP contribution in [0.2, 0.25) is 0 Å². The third kappa shape index (κ3) is 5.64. The van der Waals surface area contributed by atoms with Crippen molar-refractivity contribution in [3.8, 4) is 0 Å². The summed E-state index contributed by atoms with van der Waals surface area (Å²) in [5.41, 5.74) is 8.82. The van der Waals surface area contributed by atoms with Gasteiger partial charge in [0, 0.05) is 23.1 Å². The van der Waals surface area contributed by atoms with E-state index in [0.29, 0.717) is 23.4 Å². The van der Waals surface area contributed by atoms with Crippen molar-refractivity contribution in [3.05, 3.63) is 83.0 Å². The van der Waals surface area contributed by atoms with Crippen LogP contribution in [-0.2, 0) is 11.2 Å². The van der Waals surface area contributed by atoms with Crippen LogP contribution in [0.1, 0.15) is 46.9 Å². The molecule has 0 spiro atoms. The molecule has 3 N–H and O–H groups in total. The summed E-state index contributed by atoms with van der Waals surface area (Å²) in [4.78, 5) is 27.5. The molecule has 154 valence electrons. The molecule has 0 amide bonds. The Bertz CT molecular complexity index is 1060. The number of nitrogens with zero attached hydrogens (tertiary/aromatic N) is 2. The SMILES string of the molecule is CC(=O)CN=C(N)Nc1cc(C(C)Cc2cccc(C(=O)c3ccccc3)c2)no1. The minimum Gasteiger partial charge on any atom is -0.370 e. The van der Waals surface area contributed by atoms with E-state index < -0.39 is 0 Å². The Labute approximate surface area is 175 Å². The van der Waals surface area contributed by atoms with Gasteiger partial charge in [0.05, 0.1) is 5.69 Å². The third-order valence-corrected chi connectivity index (χ3v) is 4.52. The largest absolute Gasteiger partial charge is 0.370 e. The predicted octanol–water partition coefficient (Wildman–Crippen LogP) is 3.57. The Morgan fingerprint density at radius 3 is 2.57 bits per heavy atom. The maximum Gasteiger partial charge on any atom is 0.231 e. The Hall–Kier alpha value is -3.74. The molecule has 0 saturated carbocycles. The lowest BCUT2D eigenvalue weighted by atomic mass is 9.95. The third-order valence-electron chi connectivity index (χ3n) is 4.52. The van der Waals surface area contributed by atoms with Crippen LogP contribution in [0.5, 0.6) is 0 Å². The van der Waals surface area contributed by atoms with Crippen LogP contribution in [0, 0.1) is 0 Å². The van der Waals surface area contributed by atoms with Crippen LogP contribution in [-0.4, -0.2) is 29.2 Å². The van der Waals surface area contributed by atoms with Gasteiger partial charge >= 0.3 is 0 Å². The first kappa shape index (κ1) is 21.0. The summed E-state index contributed by atoms with van der Waals surface area (Å²) in [7, 11) is 0. The highest BCUT2D eigenvalue weighted by atomic mass is 16.5. The van der Waals surface area contributed by atoms with Crippen LogP contribution in [0.15, 0.2) is 70.2 Å². The van der Waals surface area contributed by atoms with Crippen LogP contribution in [0.25, 0.3) is 0 Å². The number of Topliss-reactive ketones (excluding diaryl/α,β-unsaturated/α-hetero) is 1. The number of ketones is 2. The van der Waals surface area contributed by atoms with Gasteiger partial charge in [0.2, 0.25) is 5.88 Å². The average molecular weight is 404 g/mol. The van der Waals surface area contributed by atoms with Crippen molar-refractivity contribution in [1.82, 2.24) is 5.16 Å². The standard InChI is InChI=1S/C23H24N4O3/c1-15(20-13-21(30-27-20)26-23(24)25-14-16(2)28)11-17-7-6-10-19(12-17)22(29)18-8-4-3-5-9-18/h3-10,12-13,15H,11,14H2,1-2H3,(H3,24,25,26). The van der Waals surface area contributed by atoms with Gasteiger partial charge in [-0.25, -0.2) is 4.99 Å². The molecule has 0 bridgehead atoms. The fraction of sp³-hybridized carbons (Fsp3) is 0.217. The molecule has 0 aliphatic carbocycles. The molecule has 7 nitrogen and oxygen atoms in total. The highest BCUT2D eigenvalue weighted by Crippen LogP contribution is 2.23. The van der Waals surface area contributed by atoms with E-state index in [-0.39, 0.29) is 30.0 Å². The number of benzene rings is 2. The van der Waals surface area contributed by atoms with E-state index in [9.17, 15) is 9.59 Å². The maximum absolute atomic E-state index is 12.7. The normalized spacial score (nSPS) is 12.4. The summed E-state index contributed by atoms with van der Waals surface area (Å²) in [6.07, 6.45) is 0.690. The molecule has 0 saturated heterocycles. The van der Waals surface area contributed by atoms with Gasteiger partial charge in [0.25, 0.3) is 0 Å². The number of guanidine groups is 1. The van der Waals surface area contributed by atoms with Gasteiger partial charge in [-0.15, -0.1) is 0 Å². The summed E-state index contributed by atoms with van der Waals surface area (Å²) in [5.74, 6) is 0.419. The quantitative estimate of drug-likeness (QED) is 0.337. The van der Waals surface area contributed by atoms with E-state index in [4.69, 9.17) is 10.3 Å². The van der Waals surface area contributed by atoms with E-state index in [1.54, 1.807) is 6.07 Å². The number of aliphatic imine (C=N–C) groups is 1. The lowest BCUT2D eigenvalue weighted by Crippen LogP contribution is -2.23. The van der Waals surface area contributed by atoms with Crippen molar-refractivity contribution in [2.75, 3.05) is 11.9 Å². The topological polar surface area (TPSA) is 111 Å². The Kier molecular flexibility index (Phi) is 6.75. The molecule has 0 aliphatic heterocycles. The number of nitrogens with one attached hydrogen (secondary N) is 1. The molecule has 2 aromatic carbocycles. The Balaban J connectivity index is 1.66. The number of rotatable bonds is 8. The molecule has 7 heteroatoms. The van der Waals surface area contributed by atoms with Crippen LogP contribution in [0.3, 0.4) is 0 Å². The van der Waals surface area contributed by atoms with E-state index in [1.165, 1.54) is 6.92 Å².